The van der Waals surface area contributed by atoms with Crippen molar-refractivity contribution in [1.29, 1.82) is 0 Å². The number of rotatable bonds is 5. The number of ketones is 1. The molecule has 106 valence electrons. The quantitative estimate of drug-likeness (QED) is 0.725. The number of esters is 1. The van der Waals surface area contributed by atoms with E-state index in [1.54, 1.807) is 6.92 Å². The predicted octanol–water partition coefficient (Wildman–Crippen LogP) is 2.96. The van der Waals surface area contributed by atoms with E-state index in [4.69, 9.17) is 0 Å². The van der Waals surface area contributed by atoms with E-state index in [2.05, 4.69) is 4.74 Å². The van der Waals surface area contributed by atoms with E-state index >= 15 is 0 Å². The summed E-state index contributed by atoms with van der Waals surface area (Å²) in [6.45, 7) is 1.80. The molecule has 0 aliphatic heterocycles. The highest BCUT2D eigenvalue weighted by Crippen LogP contribution is 2.45. The van der Waals surface area contributed by atoms with E-state index in [9.17, 15) is 22.8 Å². The minimum atomic E-state index is -4.67. The van der Waals surface area contributed by atoms with Gasteiger partial charge in [-0.2, -0.15) is 13.2 Å². The van der Waals surface area contributed by atoms with Crippen molar-refractivity contribution >= 4 is 11.8 Å². The lowest BCUT2D eigenvalue weighted by Crippen LogP contribution is -2.43. The van der Waals surface area contributed by atoms with Crippen molar-refractivity contribution in [2.75, 3.05) is 6.61 Å². The number of alkyl halides is 3. The number of ether oxygens (including phenoxy) is 1. The number of halogens is 3. The SMILES string of the molecule is CCOC(=O)CCCC1(C(F)(F)F)C=CC=CC1=O. The van der Waals surface area contributed by atoms with E-state index in [1.807, 2.05) is 0 Å². The fourth-order valence-corrected chi connectivity index (χ4v) is 1.92. The van der Waals surface area contributed by atoms with Gasteiger partial charge in [0.1, 0.15) is 5.41 Å². The molecule has 0 N–H and O–H groups in total. The molecular formula is C13H15F3O3. The highest BCUT2D eigenvalue weighted by Gasteiger charge is 2.57. The molecule has 0 fully saturated rings. The summed E-state index contributed by atoms with van der Waals surface area (Å²) in [5, 5.41) is 0. The zero-order valence-electron chi connectivity index (χ0n) is 10.5. The van der Waals surface area contributed by atoms with E-state index in [0.717, 1.165) is 12.2 Å². The van der Waals surface area contributed by atoms with Crippen LogP contribution in [0.5, 0.6) is 0 Å². The van der Waals surface area contributed by atoms with E-state index in [0.29, 0.717) is 0 Å². The number of carbonyl (C=O) groups is 2. The van der Waals surface area contributed by atoms with Crippen molar-refractivity contribution in [3.8, 4) is 0 Å². The van der Waals surface area contributed by atoms with Crippen LogP contribution in [-0.4, -0.2) is 24.5 Å². The van der Waals surface area contributed by atoms with Crippen molar-refractivity contribution in [2.45, 2.75) is 32.4 Å². The second kappa shape index (κ2) is 6.04. The zero-order chi connectivity index (χ0) is 14.5. The lowest BCUT2D eigenvalue weighted by Gasteiger charge is -2.31. The van der Waals surface area contributed by atoms with Crippen LogP contribution < -0.4 is 0 Å². The average Bonchev–Trinajstić information content (AvgIpc) is 2.30. The highest BCUT2D eigenvalue weighted by atomic mass is 19.4. The van der Waals surface area contributed by atoms with Crippen molar-refractivity contribution < 1.29 is 27.5 Å². The zero-order valence-corrected chi connectivity index (χ0v) is 10.5. The number of carbonyl (C=O) groups excluding carboxylic acids is 2. The maximum absolute atomic E-state index is 13.1. The first kappa shape index (κ1) is 15.5. The molecule has 0 saturated heterocycles. The van der Waals surface area contributed by atoms with Crippen LogP contribution in [0.2, 0.25) is 0 Å². The van der Waals surface area contributed by atoms with Crippen molar-refractivity contribution in [3.63, 3.8) is 0 Å². The molecule has 3 nitrogen and oxygen atoms in total. The molecule has 0 saturated carbocycles. The summed E-state index contributed by atoms with van der Waals surface area (Å²) in [6.07, 6.45) is -1.04. The molecule has 0 radical (unpaired) electrons. The standard InChI is InChI=1S/C13H15F3O3/c1-2-19-11(18)7-5-9-12(13(14,15)16)8-4-3-6-10(12)17/h3-4,6,8H,2,5,7,9H2,1H3. The molecule has 0 aromatic carbocycles. The molecular weight excluding hydrogens is 261 g/mol. The Hall–Kier alpha value is -1.59. The molecule has 0 amide bonds. The molecule has 1 rings (SSSR count). The summed E-state index contributed by atoms with van der Waals surface area (Å²) < 4.78 is 43.9. The maximum Gasteiger partial charge on any atom is 0.405 e. The molecule has 1 aliphatic carbocycles. The third-order valence-corrected chi connectivity index (χ3v) is 2.94. The van der Waals surface area contributed by atoms with Crippen LogP contribution in [0, 0.1) is 5.41 Å². The summed E-state index contributed by atoms with van der Waals surface area (Å²) in [6, 6.07) is 0. The number of hydrogen-bond acceptors (Lipinski definition) is 3. The van der Waals surface area contributed by atoms with Crippen molar-refractivity contribution in [3.05, 3.63) is 24.3 Å². The van der Waals surface area contributed by atoms with Gasteiger partial charge in [0.2, 0.25) is 0 Å². The Labute approximate surface area is 109 Å². The van der Waals surface area contributed by atoms with E-state index < -0.39 is 29.8 Å². The Bertz CT molecular complexity index is 410. The Kier molecular flexibility index (Phi) is 4.91. The van der Waals surface area contributed by atoms with Gasteiger partial charge in [-0.3, -0.25) is 9.59 Å². The van der Waals surface area contributed by atoms with Crippen LogP contribution in [0.15, 0.2) is 24.3 Å². The van der Waals surface area contributed by atoms with Gasteiger partial charge in [-0.1, -0.05) is 18.2 Å². The molecule has 19 heavy (non-hydrogen) atoms. The van der Waals surface area contributed by atoms with Crippen LogP contribution in [0.25, 0.3) is 0 Å². The molecule has 1 aliphatic rings. The molecule has 1 unspecified atom stereocenters. The highest BCUT2D eigenvalue weighted by molar-refractivity contribution is 5.98. The van der Waals surface area contributed by atoms with Crippen molar-refractivity contribution in [2.24, 2.45) is 5.41 Å². The summed E-state index contributed by atoms with van der Waals surface area (Å²) >= 11 is 0. The fraction of sp³-hybridized carbons (Fsp3) is 0.538. The lowest BCUT2D eigenvalue weighted by atomic mass is 9.75. The van der Waals surface area contributed by atoms with Gasteiger partial charge < -0.3 is 4.74 Å². The Balaban J connectivity index is 2.73. The van der Waals surface area contributed by atoms with Crippen LogP contribution in [0.1, 0.15) is 26.2 Å². The molecule has 0 heterocycles. The van der Waals surface area contributed by atoms with Gasteiger partial charge >= 0.3 is 12.1 Å². The van der Waals surface area contributed by atoms with Crippen LogP contribution >= 0.6 is 0 Å². The lowest BCUT2D eigenvalue weighted by molar-refractivity contribution is -0.206. The third-order valence-electron chi connectivity index (χ3n) is 2.94. The maximum atomic E-state index is 13.1. The predicted molar refractivity (Wildman–Crippen MR) is 62.3 cm³/mol. The third kappa shape index (κ3) is 3.45. The minimum absolute atomic E-state index is 0.0533. The van der Waals surface area contributed by atoms with Gasteiger partial charge in [-0.05, 0) is 25.8 Å². The molecule has 1 atom stereocenters. The van der Waals surface area contributed by atoms with Gasteiger partial charge in [0.25, 0.3) is 0 Å². The summed E-state index contributed by atoms with van der Waals surface area (Å²) in [7, 11) is 0. The topological polar surface area (TPSA) is 43.4 Å². The first-order valence-electron chi connectivity index (χ1n) is 5.96. The van der Waals surface area contributed by atoms with Gasteiger partial charge in [0, 0.05) is 6.42 Å². The summed E-state index contributed by atoms with van der Waals surface area (Å²) in [4.78, 5) is 22.7. The Morgan fingerprint density at radius 3 is 2.58 bits per heavy atom. The van der Waals surface area contributed by atoms with Gasteiger partial charge in [0.05, 0.1) is 6.61 Å². The summed E-state index contributed by atoms with van der Waals surface area (Å²) in [5.41, 5.74) is -2.51. The second-order valence-electron chi connectivity index (χ2n) is 4.21. The second-order valence-corrected chi connectivity index (χ2v) is 4.21. The van der Waals surface area contributed by atoms with Gasteiger partial charge in [-0.25, -0.2) is 0 Å². The minimum Gasteiger partial charge on any atom is -0.466 e. The summed E-state index contributed by atoms with van der Waals surface area (Å²) in [5.74, 6) is -1.55. The number of hydrogen-bond donors (Lipinski definition) is 0. The van der Waals surface area contributed by atoms with Crippen molar-refractivity contribution in [1.82, 2.24) is 0 Å². The van der Waals surface area contributed by atoms with Gasteiger partial charge in [-0.15, -0.1) is 0 Å². The Morgan fingerprint density at radius 1 is 1.37 bits per heavy atom. The Morgan fingerprint density at radius 2 is 2.05 bits per heavy atom. The monoisotopic (exact) mass is 276 g/mol. The normalized spacial score (nSPS) is 22.6. The van der Waals surface area contributed by atoms with Crippen LogP contribution in [0.3, 0.4) is 0 Å². The molecule has 0 aromatic rings. The van der Waals surface area contributed by atoms with E-state index in [1.165, 1.54) is 12.2 Å². The van der Waals surface area contributed by atoms with Gasteiger partial charge in [0.15, 0.2) is 5.78 Å². The van der Waals surface area contributed by atoms with Crippen LogP contribution in [0.4, 0.5) is 13.2 Å². The van der Waals surface area contributed by atoms with E-state index in [-0.39, 0.29) is 19.4 Å². The average molecular weight is 276 g/mol. The smallest absolute Gasteiger partial charge is 0.405 e. The molecule has 0 bridgehead atoms. The molecule has 0 spiro atoms. The fourth-order valence-electron chi connectivity index (χ4n) is 1.92. The largest absolute Gasteiger partial charge is 0.466 e. The molecule has 0 aromatic heterocycles. The molecule has 6 heteroatoms. The first-order valence-corrected chi connectivity index (χ1v) is 5.96. The first-order chi connectivity index (χ1) is 8.83. The van der Waals surface area contributed by atoms with Crippen LogP contribution in [-0.2, 0) is 14.3 Å². The number of allylic oxidation sites excluding steroid dienone is 4.